The molecule has 3 heteroatoms. The van der Waals surface area contributed by atoms with Crippen LogP contribution in [0.4, 0.5) is 11.5 Å². The van der Waals surface area contributed by atoms with E-state index < -0.39 is 0 Å². The van der Waals surface area contributed by atoms with Crippen LogP contribution in [-0.4, -0.2) is 4.98 Å². The summed E-state index contributed by atoms with van der Waals surface area (Å²) in [6, 6.07) is 8.80. The van der Waals surface area contributed by atoms with Gasteiger partial charge in [0, 0.05) is 6.54 Å². The van der Waals surface area contributed by atoms with E-state index in [0.29, 0.717) is 5.69 Å². The lowest BCUT2D eigenvalue weighted by molar-refractivity contribution is 0.684. The summed E-state index contributed by atoms with van der Waals surface area (Å²) >= 11 is 0. The van der Waals surface area contributed by atoms with Gasteiger partial charge in [-0.15, -0.1) is 0 Å². The Hall–Kier alpha value is -2.03. The largest absolute Gasteiger partial charge is 0.397 e. The van der Waals surface area contributed by atoms with Gasteiger partial charge in [0.2, 0.25) is 0 Å². The Bertz CT molecular complexity index is 620. The van der Waals surface area contributed by atoms with Crippen molar-refractivity contribution in [1.29, 1.82) is 0 Å². The molecular weight excluding hydrogens is 246 g/mol. The van der Waals surface area contributed by atoms with Crippen LogP contribution >= 0.6 is 0 Å². The number of hydrogen-bond donors (Lipinski definition) is 2. The van der Waals surface area contributed by atoms with E-state index in [9.17, 15) is 0 Å². The number of nitrogens with zero attached hydrogens (tertiary/aromatic N) is 1. The number of nitrogens with two attached hydrogens (primary N) is 1. The molecule has 0 saturated carbocycles. The molecule has 1 aliphatic carbocycles. The standard InChI is InChI=1S/C17H21N3/c1-12-8-16(18)11-20-17(12)19-10-13-6-7-14-4-2-3-5-15(14)9-13/h6-9,11H,2-5,10,18H2,1H3,(H,19,20). The van der Waals surface area contributed by atoms with Crippen LogP contribution in [0.25, 0.3) is 0 Å². The number of aryl methyl sites for hydroxylation is 3. The monoisotopic (exact) mass is 267 g/mol. The van der Waals surface area contributed by atoms with Crippen LogP contribution in [0.15, 0.2) is 30.5 Å². The summed E-state index contributed by atoms with van der Waals surface area (Å²) in [5.41, 5.74) is 11.9. The Kier molecular flexibility index (Phi) is 3.59. The molecule has 2 aromatic rings. The second kappa shape index (κ2) is 5.53. The summed E-state index contributed by atoms with van der Waals surface area (Å²) in [6.07, 6.45) is 6.81. The van der Waals surface area contributed by atoms with Gasteiger partial charge < -0.3 is 11.1 Å². The number of benzene rings is 1. The number of fused-ring (bicyclic) bond motifs is 1. The second-order valence-corrected chi connectivity index (χ2v) is 5.60. The fourth-order valence-electron chi connectivity index (χ4n) is 2.86. The number of nitrogens with one attached hydrogen (secondary N) is 1. The first kappa shape index (κ1) is 13.0. The van der Waals surface area contributed by atoms with E-state index in [4.69, 9.17) is 5.73 Å². The highest BCUT2D eigenvalue weighted by Crippen LogP contribution is 2.23. The van der Waals surface area contributed by atoms with Crippen molar-refractivity contribution in [2.45, 2.75) is 39.2 Å². The molecule has 1 heterocycles. The normalized spacial score (nSPS) is 13.8. The van der Waals surface area contributed by atoms with Gasteiger partial charge in [0.15, 0.2) is 0 Å². The summed E-state index contributed by atoms with van der Waals surface area (Å²) in [4.78, 5) is 4.34. The van der Waals surface area contributed by atoms with E-state index in [1.54, 1.807) is 6.20 Å². The molecular formula is C17H21N3. The fraction of sp³-hybridized carbons (Fsp3) is 0.353. The SMILES string of the molecule is Cc1cc(N)cnc1NCc1ccc2c(c1)CCCC2. The van der Waals surface area contributed by atoms with E-state index >= 15 is 0 Å². The molecule has 1 aromatic carbocycles. The molecule has 1 aromatic heterocycles. The first-order chi connectivity index (χ1) is 9.72. The van der Waals surface area contributed by atoms with Crippen LogP contribution in [0.2, 0.25) is 0 Å². The molecule has 0 unspecified atom stereocenters. The number of pyridine rings is 1. The zero-order valence-electron chi connectivity index (χ0n) is 11.9. The average Bonchev–Trinajstić information content (AvgIpc) is 2.46. The lowest BCUT2D eigenvalue weighted by atomic mass is 9.90. The van der Waals surface area contributed by atoms with Crippen LogP contribution in [-0.2, 0) is 19.4 Å². The van der Waals surface area contributed by atoms with Gasteiger partial charge in [-0.25, -0.2) is 4.98 Å². The zero-order valence-corrected chi connectivity index (χ0v) is 11.9. The van der Waals surface area contributed by atoms with E-state index in [1.165, 1.54) is 42.4 Å². The molecule has 0 saturated heterocycles. The number of aromatic nitrogens is 1. The summed E-state index contributed by atoms with van der Waals surface area (Å²) in [5.74, 6) is 0.914. The van der Waals surface area contributed by atoms with Crippen molar-refractivity contribution in [2.75, 3.05) is 11.1 Å². The third-order valence-electron chi connectivity index (χ3n) is 3.97. The van der Waals surface area contributed by atoms with Crippen LogP contribution in [0.5, 0.6) is 0 Å². The van der Waals surface area contributed by atoms with Gasteiger partial charge in [-0.3, -0.25) is 0 Å². The van der Waals surface area contributed by atoms with Crippen molar-refractivity contribution in [3.8, 4) is 0 Å². The Morgan fingerprint density at radius 3 is 2.75 bits per heavy atom. The van der Waals surface area contributed by atoms with Crippen LogP contribution in [0, 0.1) is 6.92 Å². The third kappa shape index (κ3) is 2.77. The van der Waals surface area contributed by atoms with Crippen molar-refractivity contribution in [1.82, 2.24) is 4.98 Å². The van der Waals surface area contributed by atoms with Gasteiger partial charge in [0.1, 0.15) is 5.82 Å². The lowest BCUT2D eigenvalue weighted by Gasteiger charge is -2.17. The molecule has 0 fully saturated rings. The second-order valence-electron chi connectivity index (χ2n) is 5.60. The summed E-state index contributed by atoms with van der Waals surface area (Å²) in [6.45, 7) is 2.84. The maximum absolute atomic E-state index is 5.72. The first-order valence-corrected chi connectivity index (χ1v) is 7.29. The summed E-state index contributed by atoms with van der Waals surface area (Å²) < 4.78 is 0. The van der Waals surface area contributed by atoms with Gasteiger partial charge in [-0.1, -0.05) is 18.2 Å². The van der Waals surface area contributed by atoms with E-state index in [0.717, 1.165) is 17.9 Å². The van der Waals surface area contributed by atoms with Crippen LogP contribution < -0.4 is 11.1 Å². The van der Waals surface area contributed by atoms with Crippen molar-refractivity contribution >= 4 is 11.5 Å². The molecule has 0 amide bonds. The number of hydrogen-bond acceptors (Lipinski definition) is 3. The topological polar surface area (TPSA) is 50.9 Å². The van der Waals surface area contributed by atoms with Crippen molar-refractivity contribution in [3.05, 3.63) is 52.7 Å². The van der Waals surface area contributed by atoms with Gasteiger partial charge in [0.25, 0.3) is 0 Å². The molecule has 104 valence electrons. The molecule has 3 N–H and O–H groups in total. The zero-order chi connectivity index (χ0) is 13.9. The molecule has 3 nitrogen and oxygen atoms in total. The fourth-order valence-corrected chi connectivity index (χ4v) is 2.86. The van der Waals surface area contributed by atoms with Crippen molar-refractivity contribution in [3.63, 3.8) is 0 Å². The van der Waals surface area contributed by atoms with Gasteiger partial charge in [-0.2, -0.15) is 0 Å². The predicted molar refractivity (Wildman–Crippen MR) is 83.8 cm³/mol. The van der Waals surface area contributed by atoms with Crippen LogP contribution in [0.3, 0.4) is 0 Å². The molecule has 20 heavy (non-hydrogen) atoms. The minimum atomic E-state index is 0.710. The number of rotatable bonds is 3. The highest BCUT2D eigenvalue weighted by atomic mass is 15.0. The highest BCUT2D eigenvalue weighted by molar-refractivity contribution is 5.51. The minimum Gasteiger partial charge on any atom is -0.397 e. The first-order valence-electron chi connectivity index (χ1n) is 7.29. The van der Waals surface area contributed by atoms with Crippen molar-refractivity contribution in [2.24, 2.45) is 0 Å². The molecule has 3 rings (SSSR count). The van der Waals surface area contributed by atoms with E-state index in [1.807, 2.05) is 13.0 Å². The van der Waals surface area contributed by atoms with Crippen molar-refractivity contribution < 1.29 is 0 Å². The average molecular weight is 267 g/mol. The smallest absolute Gasteiger partial charge is 0.129 e. The van der Waals surface area contributed by atoms with Crippen LogP contribution in [0.1, 0.15) is 35.1 Å². The van der Waals surface area contributed by atoms with E-state index in [-0.39, 0.29) is 0 Å². The maximum Gasteiger partial charge on any atom is 0.129 e. The Labute approximate surface area is 120 Å². The molecule has 0 radical (unpaired) electrons. The van der Waals surface area contributed by atoms with Gasteiger partial charge in [0.05, 0.1) is 11.9 Å². The Morgan fingerprint density at radius 2 is 1.95 bits per heavy atom. The Morgan fingerprint density at radius 1 is 1.15 bits per heavy atom. The molecule has 0 atom stereocenters. The minimum absolute atomic E-state index is 0.710. The predicted octanol–water partition coefficient (Wildman–Crippen LogP) is 3.46. The lowest BCUT2D eigenvalue weighted by Crippen LogP contribution is -2.07. The number of nitrogen functional groups attached to an aromatic ring is 1. The quantitative estimate of drug-likeness (QED) is 0.895. The highest BCUT2D eigenvalue weighted by Gasteiger charge is 2.09. The molecule has 1 aliphatic rings. The Balaban J connectivity index is 1.72. The molecule has 0 spiro atoms. The molecule has 0 aliphatic heterocycles. The summed E-state index contributed by atoms with van der Waals surface area (Å²) in [5, 5.41) is 3.40. The molecule has 0 bridgehead atoms. The maximum atomic E-state index is 5.72. The number of anilines is 2. The summed E-state index contributed by atoms with van der Waals surface area (Å²) in [7, 11) is 0. The van der Waals surface area contributed by atoms with Gasteiger partial charge >= 0.3 is 0 Å². The van der Waals surface area contributed by atoms with E-state index in [2.05, 4.69) is 28.5 Å². The third-order valence-corrected chi connectivity index (χ3v) is 3.97. The van der Waals surface area contributed by atoms with Gasteiger partial charge in [-0.05, 0) is 60.9 Å².